The molecule has 2 N–H and O–H groups in total. The Kier molecular flexibility index (Phi) is 4.28. The van der Waals surface area contributed by atoms with Crippen LogP contribution < -0.4 is 0 Å². The van der Waals surface area contributed by atoms with Gasteiger partial charge in [0.1, 0.15) is 23.0 Å². The van der Waals surface area contributed by atoms with Crippen LogP contribution in [-0.4, -0.2) is 31.1 Å². The van der Waals surface area contributed by atoms with E-state index in [0.717, 1.165) is 11.1 Å². The maximum atomic E-state index is 13.6. The van der Waals surface area contributed by atoms with Crippen LogP contribution in [0.1, 0.15) is 33.2 Å². The molecule has 4 aromatic rings. The molecule has 2 aromatic heterocycles. The van der Waals surface area contributed by atoms with Crippen molar-refractivity contribution in [1.29, 1.82) is 0 Å². The highest BCUT2D eigenvalue weighted by Gasteiger charge is 2.42. The summed E-state index contributed by atoms with van der Waals surface area (Å²) >= 11 is 0. The Morgan fingerprint density at radius 2 is 1.87 bits per heavy atom. The number of nitrogens with zero attached hydrogens (tertiary/aromatic N) is 3. The van der Waals surface area contributed by atoms with Crippen LogP contribution in [0.3, 0.4) is 0 Å². The first-order valence-electron chi connectivity index (χ1n) is 9.45. The van der Waals surface area contributed by atoms with Crippen molar-refractivity contribution in [2.45, 2.75) is 12.6 Å². The molecule has 148 valence electrons. The second-order valence-corrected chi connectivity index (χ2v) is 7.13. The number of H-pyrrole nitrogens is 1. The number of benzene rings is 2. The fourth-order valence-corrected chi connectivity index (χ4v) is 3.92. The highest BCUT2D eigenvalue weighted by Crippen LogP contribution is 2.44. The normalized spacial score (nSPS) is 15.4. The number of pyridine rings is 1. The average molecular weight is 400 g/mol. The van der Waals surface area contributed by atoms with E-state index in [1.165, 1.54) is 12.1 Å². The van der Waals surface area contributed by atoms with Crippen molar-refractivity contribution in [2.24, 2.45) is 0 Å². The quantitative estimate of drug-likeness (QED) is 0.541. The minimum atomic E-state index is -0.485. The third kappa shape index (κ3) is 2.91. The lowest BCUT2D eigenvalue weighted by molar-refractivity contribution is 0.0730. The summed E-state index contributed by atoms with van der Waals surface area (Å²) in [5, 5.41) is 17.5. The fourth-order valence-electron chi connectivity index (χ4n) is 3.92. The Hall–Kier alpha value is -4.00. The number of aromatic hydroxyl groups is 1. The second-order valence-electron chi connectivity index (χ2n) is 7.13. The zero-order valence-corrected chi connectivity index (χ0v) is 15.8. The monoisotopic (exact) mass is 400 g/mol. The molecular formula is C23H17FN4O2. The summed E-state index contributed by atoms with van der Waals surface area (Å²) in [7, 11) is 0. The average Bonchev–Trinajstić information content (AvgIpc) is 3.30. The van der Waals surface area contributed by atoms with Gasteiger partial charge in [-0.1, -0.05) is 30.3 Å². The molecule has 6 nitrogen and oxygen atoms in total. The van der Waals surface area contributed by atoms with E-state index in [1.54, 1.807) is 53.7 Å². The van der Waals surface area contributed by atoms with Gasteiger partial charge in [-0.25, -0.2) is 4.39 Å². The molecule has 0 fully saturated rings. The maximum Gasteiger partial charge on any atom is 0.273 e. The molecule has 1 aliphatic rings. The van der Waals surface area contributed by atoms with Gasteiger partial charge in [-0.3, -0.25) is 14.9 Å². The van der Waals surface area contributed by atoms with Gasteiger partial charge in [0.15, 0.2) is 0 Å². The summed E-state index contributed by atoms with van der Waals surface area (Å²) in [4.78, 5) is 19.1. The zero-order valence-electron chi connectivity index (χ0n) is 15.8. The van der Waals surface area contributed by atoms with Gasteiger partial charge in [-0.2, -0.15) is 5.10 Å². The molecule has 3 heterocycles. The number of phenolic OH excluding ortho intramolecular Hbond substituents is 1. The lowest BCUT2D eigenvalue weighted by Crippen LogP contribution is -2.29. The highest BCUT2D eigenvalue weighted by molar-refractivity contribution is 6.00. The number of fused-ring (bicyclic) bond motifs is 1. The van der Waals surface area contributed by atoms with Crippen molar-refractivity contribution < 1.29 is 14.3 Å². The van der Waals surface area contributed by atoms with Crippen LogP contribution in [0, 0.1) is 5.82 Å². The molecule has 0 bridgehead atoms. The van der Waals surface area contributed by atoms with E-state index >= 15 is 0 Å². The molecule has 2 aromatic carbocycles. The Morgan fingerprint density at radius 1 is 1.07 bits per heavy atom. The Balaban J connectivity index is 1.67. The third-order valence-electron chi connectivity index (χ3n) is 5.28. The molecule has 1 aliphatic heterocycles. The van der Waals surface area contributed by atoms with Crippen molar-refractivity contribution in [3.63, 3.8) is 0 Å². The number of phenols is 1. The van der Waals surface area contributed by atoms with Crippen LogP contribution in [0.25, 0.3) is 11.3 Å². The number of aromatic amines is 1. The number of hydrogen-bond donors (Lipinski definition) is 2. The zero-order chi connectivity index (χ0) is 20.7. The molecule has 0 unspecified atom stereocenters. The van der Waals surface area contributed by atoms with Crippen LogP contribution in [0.15, 0.2) is 73.1 Å². The lowest BCUT2D eigenvalue weighted by atomic mass is 9.95. The maximum absolute atomic E-state index is 13.6. The molecule has 1 atom stereocenters. The minimum Gasteiger partial charge on any atom is -0.507 e. The Morgan fingerprint density at radius 3 is 2.60 bits per heavy atom. The summed E-state index contributed by atoms with van der Waals surface area (Å²) in [6.07, 6.45) is 3.39. The fraction of sp³-hybridized carbons (Fsp3) is 0.0870. The van der Waals surface area contributed by atoms with Crippen molar-refractivity contribution in [3.05, 3.63) is 101 Å². The second kappa shape index (κ2) is 7.11. The van der Waals surface area contributed by atoms with Gasteiger partial charge in [0.2, 0.25) is 0 Å². The lowest BCUT2D eigenvalue weighted by Gasteiger charge is -2.26. The number of nitrogens with one attached hydrogen (secondary N) is 1. The minimum absolute atomic E-state index is 0.0721. The number of amides is 1. The van der Waals surface area contributed by atoms with Crippen molar-refractivity contribution in [1.82, 2.24) is 20.1 Å². The van der Waals surface area contributed by atoms with E-state index in [1.807, 2.05) is 12.1 Å². The van der Waals surface area contributed by atoms with Crippen LogP contribution in [0.2, 0.25) is 0 Å². The third-order valence-corrected chi connectivity index (χ3v) is 5.28. The predicted octanol–water partition coefficient (Wildman–Crippen LogP) is 4.06. The van der Waals surface area contributed by atoms with Gasteiger partial charge in [-0.05, 0) is 41.5 Å². The Bertz CT molecular complexity index is 1220. The molecule has 5 rings (SSSR count). The number of carbonyl (C=O) groups is 1. The van der Waals surface area contributed by atoms with Crippen LogP contribution in [-0.2, 0) is 6.54 Å². The first-order chi connectivity index (χ1) is 14.6. The summed E-state index contributed by atoms with van der Waals surface area (Å²) in [5.41, 5.74) is 3.69. The van der Waals surface area contributed by atoms with Crippen LogP contribution in [0.5, 0.6) is 5.75 Å². The number of rotatable bonds is 4. The van der Waals surface area contributed by atoms with E-state index in [9.17, 15) is 14.3 Å². The number of halogens is 1. The molecule has 0 radical (unpaired) electrons. The molecule has 30 heavy (non-hydrogen) atoms. The Labute approximate surface area is 171 Å². The molecule has 1 amide bonds. The summed E-state index contributed by atoms with van der Waals surface area (Å²) in [5.74, 6) is -0.490. The predicted molar refractivity (Wildman–Crippen MR) is 108 cm³/mol. The topological polar surface area (TPSA) is 82.1 Å². The summed E-state index contributed by atoms with van der Waals surface area (Å²) in [6, 6.07) is 16.2. The summed E-state index contributed by atoms with van der Waals surface area (Å²) < 4.78 is 13.6. The van der Waals surface area contributed by atoms with Crippen molar-refractivity contribution in [2.75, 3.05) is 0 Å². The van der Waals surface area contributed by atoms with Crippen molar-refractivity contribution >= 4 is 5.91 Å². The molecule has 0 aliphatic carbocycles. The molecular weight excluding hydrogens is 383 g/mol. The van der Waals surface area contributed by atoms with Gasteiger partial charge in [0, 0.05) is 30.1 Å². The standard InChI is InChI=1S/C23H17FN4O2/c24-16-9-7-15(8-10-16)22-19-20(17-5-1-2-6-18(17)29)26-27-21(19)23(30)28(22)13-14-4-3-11-25-12-14/h1-12,22,29H,13H2,(H,26,27)/t22-/m1/s1. The van der Waals surface area contributed by atoms with E-state index in [4.69, 9.17) is 0 Å². The summed E-state index contributed by atoms with van der Waals surface area (Å²) in [6.45, 7) is 0.331. The number of aromatic nitrogens is 3. The largest absolute Gasteiger partial charge is 0.507 e. The number of carbonyl (C=O) groups excluding carboxylic acids is 1. The SMILES string of the molecule is O=C1c2[nH]nc(-c3ccccc3O)c2[C@@H](c2ccc(F)cc2)N1Cc1cccnc1. The van der Waals surface area contributed by atoms with Gasteiger partial charge in [0.25, 0.3) is 5.91 Å². The molecule has 7 heteroatoms. The van der Waals surface area contributed by atoms with Crippen LogP contribution in [0.4, 0.5) is 4.39 Å². The van der Waals surface area contributed by atoms with E-state index in [0.29, 0.717) is 29.1 Å². The van der Waals surface area contributed by atoms with E-state index in [2.05, 4.69) is 15.2 Å². The van der Waals surface area contributed by atoms with E-state index < -0.39 is 6.04 Å². The molecule has 0 saturated heterocycles. The smallest absolute Gasteiger partial charge is 0.273 e. The van der Waals surface area contributed by atoms with Crippen LogP contribution >= 0.6 is 0 Å². The van der Waals surface area contributed by atoms with Gasteiger partial charge in [0.05, 0.1) is 6.04 Å². The van der Waals surface area contributed by atoms with Gasteiger partial charge in [-0.15, -0.1) is 0 Å². The number of hydrogen-bond acceptors (Lipinski definition) is 4. The van der Waals surface area contributed by atoms with Gasteiger partial charge < -0.3 is 10.0 Å². The highest BCUT2D eigenvalue weighted by atomic mass is 19.1. The number of para-hydroxylation sites is 1. The van der Waals surface area contributed by atoms with Gasteiger partial charge >= 0.3 is 0 Å². The first-order valence-corrected chi connectivity index (χ1v) is 9.45. The van der Waals surface area contributed by atoms with E-state index in [-0.39, 0.29) is 17.5 Å². The molecule has 0 saturated carbocycles. The first kappa shape index (κ1) is 18.1. The van der Waals surface area contributed by atoms with Crippen molar-refractivity contribution in [3.8, 4) is 17.0 Å². The molecule has 0 spiro atoms.